The Balaban J connectivity index is 2.35. The van der Waals surface area contributed by atoms with Gasteiger partial charge in [0.05, 0.1) is 11.4 Å². The van der Waals surface area contributed by atoms with Crippen LogP contribution in [-0.4, -0.2) is 45.5 Å². The van der Waals surface area contributed by atoms with E-state index < -0.39 is 15.3 Å². The molecule has 2 N–H and O–H groups in total. The first-order chi connectivity index (χ1) is 7.85. The molecule has 0 amide bonds. The molecule has 0 heterocycles. The van der Waals surface area contributed by atoms with Crippen molar-refractivity contribution in [1.82, 2.24) is 10.0 Å². The molecule has 0 aromatic heterocycles. The van der Waals surface area contributed by atoms with Gasteiger partial charge in [0, 0.05) is 25.7 Å². The standard InChI is InChI=1S/C11H24N2O3S/c1-8(2)12-7-9(3)17(14,15)13-10-5-11(6-10)16-4/h8-13H,5-7H2,1-4H3. The van der Waals surface area contributed by atoms with Crippen LogP contribution in [0.1, 0.15) is 33.6 Å². The highest BCUT2D eigenvalue weighted by Gasteiger charge is 2.33. The average Bonchev–Trinajstić information content (AvgIpc) is 2.19. The van der Waals surface area contributed by atoms with Gasteiger partial charge >= 0.3 is 0 Å². The van der Waals surface area contributed by atoms with Crippen LogP contribution < -0.4 is 10.0 Å². The first kappa shape index (κ1) is 14.9. The van der Waals surface area contributed by atoms with Gasteiger partial charge in [-0.15, -0.1) is 0 Å². The fourth-order valence-electron chi connectivity index (χ4n) is 1.71. The number of ether oxygens (including phenoxy) is 1. The Bertz CT molecular complexity index is 324. The smallest absolute Gasteiger partial charge is 0.215 e. The molecule has 0 spiro atoms. The first-order valence-corrected chi connectivity index (χ1v) is 7.67. The van der Waals surface area contributed by atoms with E-state index in [1.807, 2.05) is 13.8 Å². The van der Waals surface area contributed by atoms with Crippen molar-refractivity contribution in [2.24, 2.45) is 0 Å². The quantitative estimate of drug-likeness (QED) is 0.701. The molecule has 5 nitrogen and oxygen atoms in total. The molecule has 102 valence electrons. The summed E-state index contributed by atoms with van der Waals surface area (Å²) < 4.78 is 31.8. The third kappa shape index (κ3) is 4.54. The van der Waals surface area contributed by atoms with Gasteiger partial charge in [-0.25, -0.2) is 13.1 Å². The van der Waals surface area contributed by atoms with Crippen molar-refractivity contribution in [2.75, 3.05) is 13.7 Å². The van der Waals surface area contributed by atoms with E-state index in [4.69, 9.17) is 4.74 Å². The van der Waals surface area contributed by atoms with Crippen LogP contribution in [-0.2, 0) is 14.8 Å². The Labute approximate surface area is 104 Å². The molecule has 0 aromatic rings. The third-order valence-corrected chi connectivity index (χ3v) is 4.99. The highest BCUT2D eigenvalue weighted by Crippen LogP contribution is 2.23. The summed E-state index contributed by atoms with van der Waals surface area (Å²) in [5.74, 6) is 0. The Morgan fingerprint density at radius 3 is 2.35 bits per heavy atom. The molecule has 1 fully saturated rings. The summed E-state index contributed by atoms with van der Waals surface area (Å²) in [5, 5.41) is 2.73. The van der Waals surface area contributed by atoms with Gasteiger partial charge in [-0.3, -0.25) is 0 Å². The average molecular weight is 264 g/mol. The van der Waals surface area contributed by atoms with Gasteiger partial charge in [0.25, 0.3) is 0 Å². The number of hydrogen-bond acceptors (Lipinski definition) is 4. The molecular weight excluding hydrogens is 240 g/mol. The predicted octanol–water partition coefficient (Wildman–Crippen LogP) is 0.470. The highest BCUT2D eigenvalue weighted by atomic mass is 32.2. The van der Waals surface area contributed by atoms with Crippen molar-refractivity contribution in [3.05, 3.63) is 0 Å². The summed E-state index contributed by atoms with van der Waals surface area (Å²) in [6.45, 7) is 6.21. The molecule has 1 unspecified atom stereocenters. The SMILES string of the molecule is COC1CC(NS(=O)(=O)C(C)CNC(C)C)C1. The molecule has 0 saturated heterocycles. The van der Waals surface area contributed by atoms with Crippen LogP contribution in [0.25, 0.3) is 0 Å². The van der Waals surface area contributed by atoms with Crippen LogP contribution in [0.2, 0.25) is 0 Å². The minimum Gasteiger partial charge on any atom is -0.381 e. The second-order valence-corrected chi connectivity index (χ2v) is 7.19. The van der Waals surface area contributed by atoms with Crippen LogP contribution in [0, 0.1) is 0 Å². The number of nitrogens with one attached hydrogen (secondary N) is 2. The summed E-state index contributed by atoms with van der Waals surface area (Å²) in [5.41, 5.74) is 0. The second kappa shape index (κ2) is 6.13. The van der Waals surface area contributed by atoms with E-state index in [0.29, 0.717) is 12.6 Å². The van der Waals surface area contributed by atoms with Crippen LogP contribution in [0.3, 0.4) is 0 Å². The lowest BCUT2D eigenvalue weighted by molar-refractivity contribution is 0.0235. The molecular formula is C11H24N2O3S. The van der Waals surface area contributed by atoms with E-state index in [0.717, 1.165) is 12.8 Å². The van der Waals surface area contributed by atoms with Crippen molar-refractivity contribution in [1.29, 1.82) is 0 Å². The van der Waals surface area contributed by atoms with Gasteiger partial charge in [-0.2, -0.15) is 0 Å². The second-order valence-electron chi connectivity index (χ2n) is 5.06. The van der Waals surface area contributed by atoms with E-state index in [-0.39, 0.29) is 12.1 Å². The fraction of sp³-hybridized carbons (Fsp3) is 1.00. The molecule has 6 heteroatoms. The number of methoxy groups -OCH3 is 1. The van der Waals surface area contributed by atoms with Gasteiger partial charge in [-0.05, 0) is 19.8 Å². The van der Waals surface area contributed by atoms with Crippen molar-refractivity contribution >= 4 is 10.0 Å². The maximum absolute atomic E-state index is 11.9. The molecule has 17 heavy (non-hydrogen) atoms. The maximum atomic E-state index is 11.9. The van der Waals surface area contributed by atoms with E-state index in [9.17, 15) is 8.42 Å². The summed E-state index contributed by atoms with van der Waals surface area (Å²) in [7, 11) is -1.56. The summed E-state index contributed by atoms with van der Waals surface area (Å²) in [6, 6.07) is 0.348. The van der Waals surface area contributed by atoms with Crippen LogP contribution in [0.5, 0.6) is 0 Å². The zero-order valence-electron chi connectivity index (χ0n) is 11.1. The predicted molar refractivity (Wildman–Crippen MR) is 68.5 cm³/mol. The Morgan fingerprint density at radius 1 is 1.29 bits per heavy atom. The summed E-state index contributed by atoms with van der Waals surface area (Å²) in [6.07, 6.45) is 1.77. The van der Waals surface area contributed by atoms with Crippen molar-refractivity contribution in [3.63, 3.8) is 0 Å². The van der Waals surface area contributed by atoms with Crippen molar-refractivity contribution in [2.45, 2.75) is 57.1 Å². The minimum atomic E-state index is -3.22. The largest absolute Gasteiger partial charge is 0.381 e. The minimum absolute atomic E-state index is 0.0476. The Morgan fingerprint density at radius 2 is 1.88 bits per heavy atom. The van der Waals surface area contributed by atoms with Crippen LogP contribution >= 0.6 is 0 Å². The lowest BCUT2D eigenvalue weighted by atomic mass is 9.90. The first-order valence-electron chi connectivity index (χ1n) is 6.12. The molecule has 0 bridgehead atoms. The molecule has 1 rings (SSSR count). The number of rotatable bonds is 7. The highest BCUT2D eigenvalue weighted by molar-refractivity contribution is 7.90. The normalized spacial score (nSPS) is 26.9. The molecule has 1 aliphatic rings. The Kier molecular flexibility index (Phi) is 5.37. The van der Waals surface area contributed by atoms with E-state index in [1.54, 1.807) is 14.0 Å². The number of hydrogen-bond donors (Lipinski definition) is 2. The Hall–Kier alpha value is -0.170. The monoisotopic (exact) mass is 264 g/mol. The zero-order chi connectivity index (χ0) is 13.1. The van der Waals surface area contributed by atoms with Crippen molar-refractivity contribution in [3.8, 4) is 0 Å². The summed E-state index contributed by atoms with van der Waals surface area (Å²) >= 11 is 0. The van der Waals surface area contributed by atoms with Crippen molar-refractivity contribution < 1.29 is 13.2 Å². The zero-order valence-corrected chi connectivity index (χ0v) is 11.9. The van der Waals surface area contributed by atoms with E-state index in [2.05, 4.69) is 10.0 Å². The summed E-state index contributed by atoms with van der Waals surface area (Å²) in [4.78, 5) is 0. The van der Waals surface area contributed by atoms with E-state index >= 15 is 0 Å². The van der Waals surface area contributed by atoms with Gasteiger partial charge in [0.2, 0.25) is 10.0 Å². The van der Waals surface area contributed by atoms with Gasteiger partial charge < -0.3 is 10.1 Å². The molecule has 1 atom stereocenters. The lowest BCUT2D eigenvalue weighted by Crippen LogP contribution is -2.51. The number of sulfonamides is 1. The van der Waals surface area contributed by atoms with Gasteiger partial charge in [-0.1, -0.05) is 13.8 Å². The lowest BCUT2D eigenvalue weighted by Gasteiger charge is -2.35. The molecule has 0 radical (unpaired) electrons. The van der Waals surface area contributed by atoms with Crippen LogP contribution in [0.15, 0.2) is 0 Å². The molecule has 1 saturated carbocycles. The molecule has 1 aliphatic carbocycles. The maximum Gasteiger partial charge on any atom is 0.215 e. The van der Waals surface area contributed by atoms with Crippen LogP contribution in [0.4, 0.5) is 0 Å². The van der Waals surface area contributed by atoms with Gasteiger partial charge in [0.1, 0.15) is 0 Å². The van der Waals surface area contributed by atoms with E-state index in [1.165, 1.54) is 0 Å². The fourth-order valence-corrected chi connectivity index (χ4v) is 2.92. The topological polar surface area (TPSA) is 67.4 Å². The molecule has 0 aliphatic heterocycles. The third-order valence-electron chi connectivity index (χ3n) is 3.10. The molecule has 0 aromatic carbocycles. The van der Waals surface area contributed by atoms with Gasteiger partial charge in [0.15, 0.2) is 0 Å².